The molecule has 0 fully saturated rings. The third-order valence-electron chi connectivity index (χ3n) is 3.68. The van der Waals surface area contributed by atoms with Gasteiger partial charge in [-0.1, -0.05) is 30.3 Å². The van der Waals surface area contributed by atoms with Gasteiger partial charge < -0.3 is 10.3 Å². The van der Waals surface area contributed by atoms with Gasteiger partial charge in [0.1, 0.15) is 0 Å². The molecule has 108 valence electrons. The number of benzene rings is 2. The Morgan fingerprint density at radius 1 is 1.05 bits per heavy atom. The Balaban J connectivity index is 1.46. The number of nitrogens with one attached hydrogen (secondary N) is 2. The van der Waals surface area contributed by atoms with Crippen molar-refractivity contribution in [1.29, 1.82) is 0 Å². The van der Waals surface area contributed by atoms with Crippen molar-refractivity contribution in [2.75, 3.05) is 5.32 Å². The largest absolute Gasteiger partial charge is 0.381 e. The zero-order chi connectivity index (χ0) is 14.8. The maximum atomic E-state index is 4.23. The molecule has 0 saturated carbocycles. The molecule has 0 aliphatic carbocycles. The summed E-state index contributed by atoms with van der Waals surface area (Å²) in [5.74, 6) is 0. The van der Waals surface area contributed by atoms with Crippen LogP contribution in [0.15, 0.2) is 66.3 Å². The maximum absolute atomic E-state index is 4.23. The number of rotatable bonds is 4. The van der Waals surface area contributed by atoms with E-state index in [2.05, 4.69) is 69.2 Å². The molecule has 22 heavy (non-hydrogen) atoms. The Hall–Kier alpha value is -2.59. The molecule has 2 aromatic carbocycles. The number of imidazole rings is 1. The number of aromatic nitrogens is 2. The van der Waals surface area contributed by atoms with Crippen molar-refractivity contribution in [3.05, 3.63) is 71.9 Å². The van der Waals surface area contributed by atoms with Gasteiger partial charge in [-0.05, 0) is 40.8 Å². The van der Waals surface area contributed by atoms with Crippen LogP contribution in [0.5, 0.6) is 0 Å². The molecule has 0 aliphatic rings. The van der Waals surface area contributed by atoms with Crippen LogP contribution in [0.1, 0.15) is 5.56 Å². The minimum atomic E-state index is 0.810. The molecule has 0 spiro atoms. The zero-order valence-electron chi connectivity index (χ0n) is 11.9. The fraction of sp³-hybridized carbons (Fsp3) is 0.0556. The average Bonchev–Trinajstić information content (AvgIpc) is 3.24. The second kappa shape index (κ2) is 5.66. The summed E-state index contributed by atoms with van der Waals surface area (Å²) in [6.07, 6.45) is 1.72. The van der Waals surface area contributed by atoms with E-state index < -0.39 is 0 Å². The van der Waals surface area contributed by atoms with Crippen molar-refractivity contribution >= 4 is 28.1 Å². The summed E-state index contributed by atoms with van der Waals surface area (Å²) in [4.78, 5) is 8.67. The summed E-state index contributed by atoms with van der Waals surface area (Å²) in [5, 5.41) is 5.56. The summed E-state index contributed by atoms with van der Waals surface area (Å²) in [7, 11) is 0. The van der Waals surface area contributed by atoms with Crippen LogP contribution < -0.4 is 5.32 Å². The molecule has 0 saturated heterocycles. The Kier molecular flexibility index (Phi) is 3.37. The van der Waals surface area contributed by atoms with Crippen LogP contribution in [0.3, 0.4) is 0 Å². The first-order valence-electron chi connectivity index (χ1n) is 7.18. The number of nitrogens with zero attached hydrogens (tertiary/aromatic N) is 1. The molecule has 2 N–H and O–H groups in total. The molecule has 0 radical (unpaired) electrons. The van der Waals surface area contributed by atoms with Gasteiger partial charge in [-0.15, -0.1) is 11.3 Å². The summed E-state index contributed by atoms with van der Waals surface area (Å²) >= 11 is 1.77. The topological polar surface area (TPSA) is 40.7 Å². The summed E-state index contributed by atoms with van der Waals surface area (Å²) in [6.45, 7) is 0.810. The third kappa shape index (κ3) is 2.61. The Bertz CT molecular complexity index is 876. The Morgan fingerprint density at radius 3 is 2.77 bits per heavy atom. The third-order valence-corrected chi connectivity index (χ3v) is 4.60. The fourth-order valence-electron chi connectivity index (χ4n) is 2.48. The highest BCUT2D eigenvalue weighted by Gasteiger charge is 2.01. The lowest BCUT2D eigenvalue weighted by Crippen LogP contribution is -1.99. The van der Waals surface area contributed by atoms with E-state index in [0.717, 1.165) is 23.3 Å². The number of aromatic amines is 1. The summed E-state index contributed by atoms with van der Waals surface area (Å²) < 4.78 is 0. The lowest BCUT2D eigenvalue weighted by atomic mass is 10.1. The van der Waals surface area contributed by atoms with Crippen molar-refractivity contribution in [2.24, 2.45) is 0 Å². The Labute approximate surface area is 132 Å². The van der Waals surface area contributed by atoms with E-state index in [4.69, 9.17) is 0 Å². The fourth-order valence-corrected chi connectivity index (χ4v) is 3.21. The quantitative estimate of drug-likeness (QED) is 0.563. The van der Waals surface area contributed by atoms with Gasteiger partial charge in [-0.2, -0.15) is 0 Å². The molecule has 4 heteroatoms. The molecular weight excluding hydrogens is 290 g/mol. The van der Waals surface area contributed by atoms with Gasteiger partial charge in [0.15, 0.2) is 0 Å². The molecule has 4 rings (SSSR count). The molecule has 0 unspecified atom stereocenters. The van der Waals surface area contributed by atoms with E-state index in [0.29, 0.717) is 0 Å². The minimum Gasteiger partial charge on any atom is -0.381 e. The second-order valence-corrected chi connectivity index (χ2v) is 6.11. The number of thiophene rings is 1. The maximum Gasteiger partial charge on any atom is 0.0931 e. The molecular formula is C18H15N3S. The van der Waals surface area contributed by atoms with E-state index >= 15 is 0 Å². The minimum absolute atomic E-state index is 0.810. The smallest absolute Gasteiger partial charge is 0.0931 e. The average molecular weight is 305 g/mol. The molecule has 0 atom stereocenters. The summed E-state index contributed by atoms with van der Waals surface area (Å²) in [5.41, 5.74) is 5.69. The second-order valence-electron chi connectivity index (χ2n) is 5.16. The van der Waals surface area contributed by atoms with Crippen molar-refractivity contribution in [1.82, 2.24) is 9.97 Å². The van der Waals surface area contributed by atoms with Crippen LogP contribution in [0.25, 0.3) is 21.5 Å². The van der Waals surface area contributed by atoms with Crippen molar-refractivity contribution in [2.45, 2.75) is 6.54 Å². The first-order valence-corrected chi connectivity index (χ1v) is 8.06. The predicted octanol–water partition coefficient (Wildman–Crippen LogP) is 4.90. The number of hydrogen-bond donors (Lipinski definition) is 2. The summed E-state index contributed by atoms with van der Waals surface area (Å²) in [6, 6.07) is 19.1. The van der Waals surface area contributed by atoms with E-state index in [1.54, 1.807) is 17.7 Å². The van der Waals surface area contributed by atoms with Crippen LogP contribution in [-0.2, 0) is 6.54 Å². The number of H-pyrrole nitrogens is 1. The first kappa shape index (κ1) is 13.1. The van der Waals surface area contributed by atoms with Gasteiger partial charge in [0, 0.05) is 17.1 Å². The van der Waals surface area contributed by atoms with Crippen LogP contribution in [0.4, 0.5) is 5.69 Å². The van der Waals surface area contributed by atoms with Gasteiger partial charge >= 0.3 is 0 Å². The molecule has 2 aromatic heterocycles. The molecule has 4 aromatic rings. The van der Waals surface area contributed by atoms with Crippen molar-refractivity contribution in [3.8, 4) is 10.4 Å². The van der Waals surface area contributed by atoms with Gasteiger partial charge in [0.25, 0.3) is 0 Å². The van der Waals surface area contributed by atoms with E-state index in [-0.39, 0.29) is 0 Å². The van der Waals surface area contributed by atoms with Gasteiger partial charge in [0.05, 0.1) is 17.4 Å². The number of fused-ring (bicyclic) bond motifs is 1. The highest BCUT2D eigenvalue weighted by atomic mass is 32.1. The lowest BCUT2D eigenvalue weighted by molar-refractivity contribution is 1.15. The molecule has 0 bridgehead atoms. The van der Waals surface area contributed by atoms with E-state index in [1.807, 2.05) is 6.07 Å². The Morgan fingerprint density at radius 2 is 1.95 bits per heavy atom. The lowest BCUT2D eigenvalue weighted by Gasteiger charge is -2.07. The van der Waals surface area contributed by atoms with Crippen LogP contribution in [0.2, 0.25) is 0 Å². The molecule has 2 heterocycles. The number of anilines is 1. The van der Waals surface area contributed by atoms with Crippen LogP contribution in [0, 0.1) is 0 Å². The first-order chi connectivity index (χ1) is 10.9. The highest BCUT2D eigenvalue weighted by Crippen LogP contribution is 2.25. The monoisotopic (exact) mass is 305 g/mol. The zero-order valence-corrected chi connectivity index (χ0v) is 12.7. The van der Waals surface area contributed by atoms with Crippen molar-refractivity contribution in [3.63, 3.8) is 0 Å². The SMILES string of the molecule is c1csc(-c2ccc(CNc3ccc4nc[nH]c4c3)cc2)c1. The van der Waals surface area contributed by atoms with E-state index in [9.17, 15) is 0 Å². The molecule has 0 amide bonds. The normalized spacial score (nSPS) is 10.9. The molecule has 3 nitrogen and oxygen atoms in total. The standard InChI is InChI=1S/C18H15N3S/c1-2-18(22-9-1)14-5-3-13(4-6-14)11-19-15-7-8-16-17(10-15)21-12-20-16/h1-10,12,19H,11H2,(H,20,21). The highest BCUT2D eigenvalue weighted by molar-refractivity contribution is 7.13. The van der Waals surface area contributed by atoms with Gasteiger partial charge in [-0.3, -0.25) is 0 Å². The van der Waals surface area contributed by atoms with E-state index in [1.165, 1.54) is 16.0 Å². The van der Waals surface area contributed by atoms with Crippen molar-refractivity contribution < 1.29 is 0 Å². The number of hydrogen-bond acceptors (Lipinski definition) is 3. The van der Waals surface area contributed by atoms with Crippen LogP contribution >= 0.6 is 11.3 Å². The van der Waals surface area contributed by atoms with Gasteiger partial charge in [0.2, 0.25) is 0 Å². The van der Waals surface area contributed by atoms with Crippen LogP contribution in [-0.4, -0.2) is 9.97 Å². The van der Waals surface area contributed by atoms with Gasteiger partial charge in [-0.25, -0.2) is 4.98 Å². The molecule has 0 aliphatic heterocycles. The predicted molar refractivity (Wildman–Crippen MR) is 93.2 cm³/mol.